The van der Waals surface area contributed by atoms with Crippen molar-refractivity contribution in [2.75, 3.05) is 39.2 Å². The summed E-state index contributed by atoms with van der Waals surface area (Å²) in [5.41, 5.74) is 7.52. The highest BCUT2D eigenvalue weighted by atomic mass is 16.5. The van der Waals surface area contributed by atoms with Gasteiger partial charge < -0.3 is 14.8 Å². The molecular formula is C35H34N8O3. The van der Waals surface area contributed by atoms with Crippen LogP contribution in [-0.2, 0) is 6.42 Å². The van der Waals surface area contributed by atoms with Gasteiger partial charge in [-0.1, -0.05) is 36.4 Å². The molecule has 0 saturated carbocycles. The molecule has 1 amide bonds. The molecule has 232 valence electrons. The van der Waals surface area contributed by atoms with Crippen LogP contribution >= 0.6 is 0 Å². The lowest BCUT2D eigenvalue weighted by atomic mass is 9.91. The van der Waals surface area contributed by atoms with Crippen LogP contribution < -0.4 is 14.8 Å². The maximum absolute atomic E-state index is 13.3. The molecule has 11 heteroatoms. The van der Waals surface area contributed by atoms with E-state index in [-0.39, 0.29) is 5.69 Å². The number of likely N-dealkylation sites (tertiary alicyclic amines) is 1. The first-order chi connectivity index (χ1) is 22.6. The quantitative estimate of drug-likeness (QED) is 0.232. The summed E-state index contributed by atoms with van der Waals surface area (Å²) in [6.45, 7) is 3.18. The molecule has 2 aromatic heterocycles. The number of anilines is 1. The highest BCUT2D eigenvalue weighted by Crippen LogP contribution is 2.38. The van der Waals surface area contributed by atoms with Crippen molar-refractivity contribution in [3.63, 3.8) is 0 Å². The normalized spacial score (nSPS) is 14.7. The number of para-hydroxylation sites is 2. The maximum atomic E-state index is 13.3. The number of tetrazole rings is 1. The maximum Gasteiger partial charge on any atom is 0.275 e. The number of rotatable bonds is 9. The Kier molecular flexibility index (Phi) is 8.22. The van der Waals surface area contributed by atoms with E-state index in [1.54, 1.807) is 24.8 Å². The fourth-order valence-electron chi connectivity index (χ4n) is 5.93. The topological polar surface area (TPSA) is 120 Å². The molecule has 3 aromatic carbocycles. The second-order valence-corrected chi connectivity index (χ2v) is 11.3. The summed E-state index contributed by atoms with van der Waals surface area (Å²) in [6, 6.07) is 19.0. The third-order valence-corrected chi connectivity index (χ3v) is 8.44. The Labute approximate surface area is 266 Å². The lowest BCUT2D eigenvalue weighted by Crippen LogP contribution is -2.34. The van der Waals surface area contributed by atoms with E-state index in [9.17, 15) is 4.79 Å². The molecule has 0 unspecified atom stereocenters. The predicted octanol–water partition coefficient (Wildman–Crippen LogP) is 5.44. The van der Waals surface area contributed by atoms with Crippen molar-refractivity contribution in [2.45, 2.75) is 25.7 Å². The van der Waals surface area contributed by atoms with E-state index in [1.807, 2.05) is 36.4 Å². The number of hydrogen-bond acceptors (Lipinski definition) is 9. The molecule has 1 fully saturated rings. The summed E-state index contributed by atoms with van der Waals surface area (Å²) in [4.78, 5) is 26.2. The van der Waals surface area contributed by atoms with E-state index in [2.05, 4.69) is 59.9 Å². The third-order valence-electron chi connectivity index (χ3n) is 8.44. The van der Waals surface area contributed by atoms with Crippen molar-refractivity contribution in [1.82, 2.24) is 35.1 Å². The molecule has 1 N–H and O–H groups in total. The average Bonchev–Trinajstić information content (AvgIpc) is 3.60. The van der Waals surface area contributed by atoms with Gasteiger partial charge in [0.25, 0.3) is 5.91 Å². The van der Waals surface area contributed by atoms with Crippen molar-refractivity contribution >= 4 is 22.6 Å². The summed E-state index contributed by atoms with van der Waals surface area (Å²) in [7, 11) is 3.08. The SMILES string of the molecule is COc1cc(NC(=O)c2cnc3ccccc3n2)c(-c2nnn(-c3ccc(CCN4CCC5=CCCC=C5C4)cc3)n2)cc1OC. The number of hydrogen-bond donors (Lipinski definition) is 1. The van der Waals surface area contributed by atoms with E-state index in [0.29, 0.717) is 39.6 Å². The van der Waals surface area contributed by atoms with Crippen LogP contribution in [0.5, 0.6) is 11.5 Å². The van der Waals surface area contributed by atoms with Crippen LogP contribution in [0.15, 0.2) is 90.2 Å². The molecule has 7 rings (SSSR count). The minimum absolute atomic E-state index is 0.170. The number of benzene rings is 3. The van der Waals surface area contributed by atoms with Crippen LogP contribution in [0.1, 0.15) is 35.3 Å². The second-order valence-electron chi connectivity index (χ2n) is 11.3. The molecule has 1 saturated heterocycles. The van der Waals surface area contributed by atoms with Gasteiger partial charge in [0.1, 0.15) is 5.69 Å². The fourth-order valence-corrected chi connectivity index (χ4v) is 5.93. The zero-order chi connectivity index (χ0) is 31.5. The van der Waals surface area contributed by atoms with E-state index >= 15 is 0 Å². The number of nitrogens with zero attached hydrogens (tertiary/aromatic N) is 7. The van der Waals surface area contributed by atoms with Gasteiger partial charge >= 0.3 is 0 Å². The first-order valence-electron chi connectivity index (χ1n) is 15.4. The summed E-state index contributed by atoms with van der Waals surface area (Å²) in [6.07, 6.45) is 10.7. The van der Waals surface area contributed by atoms with Crippen molar-refractivity contribution in [3.05, 3.63) is 101 Å². The van der Waals surface area contributed by atoms with Crippen LogP contribution in [0.25, 0.3) is 28.1 Å². The van der Waals surface area contributed by atoms with Crippen molar-refractivity contribution in [3.8, 4) is 28.6 Å². The van der Waals surface area contributed by atoms with Gasteiger partial charge in [0, 0.05) is 25.7 Å². The minimum Gasteiger partial charge on any atom is -0.493 e. The smallest absolute Gasteiger partial charge is 0.275 e. The summed E-state index contributed by atoms with van der Waals surface area (Å²) >= 11 is 0. The Hall–Kier alpha value is -5.42. The Morgan fingerprint density at radius 1 is 0.935 bits per heavy atom. The van der Waals surface area contributed by atoms with Crippen molar-refractivity contribution in [1.29, 1.82) is 0 Å². The number of aromatic nitrogens is 6. The van der Waals surface area contributed by atoms with Crippen LogP contribution in [0, 0.1) is 0 Å². The van der Waals surface area contributed by atoms with Gasteiger partial charge in [0.05, 0.1) is 48.4 Å². The first-order valence-corrected chi connectivity index (χ1v) is 15.4. The number of carbonyl (C=O) groups is 1. The molecule has 0 atom stereocenters. The minimum atomic E-state index is -0.438. The largest absolute Gasteiger partial charge is 0.493 e. The lowest BCUT2D eigenvalue weighted by molar-refractivity contribution is 0.102. The van der Waals surface area contributed by atoms with E-state index in [1.165, 1.54) is 35.7 Å². The van der Waals surface area contributed by atoms with E-state index in [4.69, 9.17) is 9.47 Å². The number of amides is 1. The van der Waals surface area contributed by atoms with Crippen molar-refractivity contribution < 1.29 is 14.3 Å². The number of carbonyl (C=O) groups excluding carboxylic acids is 1. The van der Waals surface area contributed by atoms with Gasteiger partial charge in [-0.25, -0.2) is 4.98 Å². The van der Waals surface area contributed by atoms with E-state index < -0.39 is 5.91 Å². The summed E-state index contributed by atoms with van der Waals surface area (Å²) in [5, 5.41) is 16.2. The number of allylic oxidation sites excluding steroid dienone is 2. The van der Waals surface area contributed by atoms with Gasteiger partial charge in [0.2, 0.25) is 5.82 Å². The second kappa shape index (κ2) is 12.9. The van der Waals surface area contributed by atoms with Gasteiger partial charge in [-0.05, 0) is 77.9 Å². The van der Waals surface area contributed by atoms with Gasteiger partial charge in [0.15, 0.2) is 11.5 Å². The zero-order valence-electron chi connectivity index (χ0n) is 25.8. The average molecular weight is 615 g/mol. The van der Waals surface area contributed by atoms with Crippen LogP contribution in [0.3, 0.4) is 0 Å². The molecule has 2 aliphatic rings. The van der Waals surface area contributed by atoms with Crippen LogP contribution in [0.4, 0.5) is 5.69 Å². The van der Waals surface area contributed by atoms with Crippen molar-refractivity contribution in [2.24, 2.45) is 0 Å². The summed E-state index contributed by atoms with van der Waals surface area (Å²) in [5.74, 6) is 0.764. The molecule has 5 aromatic rings. The standard InChI is InChI=1S/C35H34N8O3/c1-45-32-19-27(30(20-33(32)46-2)38-35(44)31-21-36-28-9-5-6-10-29(28)37-31)34-39-41-43(40-34)26-13-11-23(12-14-26)15-17-42-18-16-24-7-3-4-8-25(24)22-42/h5-14,19-21H,3-4,15-18,22H2,1-2H3,(H,38,44). The molecular weight excluding hydrogens is 580 g/mol. The molecule has 3 heterocycles. The molecule has 46 heavy (non-hydrogen) atoms. The first kappa shape index (κ1) is 29.3. The molecule has 0 bridgehead atoms. The Bertz CT molecular complexity index is 1960. The lowest BCUT2D eigenvalue weighted by Gasteiger charge is -2.32. The van der Waals surface area contributed by atoms with Gasteiger partial charge in [-0.2, -0.15) is 0 Å². The third kappa shape index (κ3) is 6.09. The number of nitrogens with one attached hydrogen (secondary N) is 1. The Morgan fingerprint density at radius 3 is 2.50 bits per heavy atom. The molecule has 0 radical (unpaired) electrons. The zero-order valence-corrected chi connectivity index (χ0v) is 25.8. The molecule has 11 nitrogen and oxygen atoms in total. The molecule has 0 spiro atoms. The monoisotopic (exact) mass is 614 g/mol. The fraction of sp³-hybridized carbons (Fsp3) is 0.257. The van der Waals surface area contributed by atoms with Gasteiger partial charge in [-0.3, -0.25) is 14.7 Å². The number of ether oxygens (including phenoxy) is 2. The van der Waals surface area contributed by atoms with E-state index in [0.717, 1.165) is 44.6 Å². The highest BCUT2D eigenvalue weighted by molar-refractivity contribution is 6.05. The highest BCUT2D eigenvalue weighted by Gasteiger charge is 2.21. The van der Waals surface area contributed by atoms with Crippen LogP contribution in [0.2, 0.25) is 0 Å². The van der Waals surface area contributed by atoms with Crippen LogP contribution in [-0.4, -0.2) is 74.8 Å². The number of piperidine rings is 1. The number of fused-ring (bicyclic) bond motifs is 2. The predicted molar refractivity (Wildman–Crippen MR) is 175 cm³/mol. The summed E-state index contributed by atoms with van der Waals surface area (Å²) < 4.78 is 11.0. The molecule has 1 aliphatic heterocycles. The molecule has 1 aliphatic carbocycles. The Morgan fingerprint density at radius 2 is 1.70 bits per heavy atom. The van der Waals surface area contributed by atoms with Gasteiger partial charge in [-0.15, -0.1) is 15.0 Å². The Balaban J connectivity index is 1.08. The number of methoxy groups -OCH3 is 2.